The number of hydrogen-bond donors (Lipinski definition) is 1. The molecule has 0 atom stereocenters. The molecule has 88 valence electrons. The Morgan fingerprint density at radius 1 is 1.47 bits per heavy atom. The standard InChI is InChI=1S/C11H12N4OS/c1-15(6-8-2-5-16-7-8)11-9(10(12)17)13-3-4-14-11/h2-5,7H,6H2,1H3,(H2,12,17). The van der Waals surface area contributed by atoms with Gasteiger partial charge in [-0.05, 0) is 6.07 Å². The summed E-state index contributed by atoms with van der Waals surface area (Å²) in [5.41, 5.74) is 7.19. The van der Waals surface area contributed by atoms with E-state index in [0.29, 0.717) is 18.1 Å². The first kappa shape index (κ1) is 11.5. The van der Waals surface area contributed by atoms with Crippen LogP contribution in [0.3, 0.4) is 0 Å². The molecular formula is C11H12N4OS. The first-order chi connectivity index (χ1) is 8.18. The third-order valence-electron chi connectivity index (χ3n) is 2.27. The summed E-state index contributed by atoms with van der Waals surface area (Å²) in [7, 11) is 1.90. The fraction of sp³-hybridized carbons (Fsp3) is 0.182. The summed E-state index contributed by atoms with van der Waals surface area (Å²) >= 11 is 4.95. The van der Waals surface area contributed by atoms with Crippen molar-refractivity contribution in [2.45, 2.75) is 6.54 Å². The average molecular weight is 248 g/mol. The zero-order chi connectivity index (χ0) is 12.3. The van der Waals surface area contributed by atoms with Gasteiger partial charge in [0.05, 0.1) is 12.5 Å². The van der Waals surface area contributed by atoms with Crippen molar-refractivity contribution >= 4 is 23.0 Å². The molecular weight excluding hydrogens is 236 g/mol. The van der Waals surface area contributed by atoms with Crippen LogP contribution in [0.25, 0.3) is 0 Å². The third kappa shape index (κ3) is 2.59. The number of rotatable bonds is 4. The molecule has 0 aromatic carbocycles. The summed E-state index contributed by atoms with van der Waals surface area (Å²) in [4.78, 5) is 10.5. The molecule has 0 aliphatic rings. The molecule has 2 heterocycles. The Morgan fingerprint density at radius 3 is 2.88 bits per heavy atom. The quantitative estimate of drug-likeness (QED) is 0.823. The highest BCUT2D eigenvalue weighted by atomic mass is 32.1. The van der Waals surface area contributed by atoms with E-state index in [9.17, 15) is 0 Å². The molecule has 2 aromatic rings. The summed E-state index contributed by atoms with van der Waals surface area (Å²) in [6.07, 6.45) is 6.51. The number of aromatic nitrogens is 2. The molecule has 2 rings (SSSR count). The summed E-state index contributed by atoms with van der Waals surface area (Å²) in [6, 6.07) is 1.90. The highest BCUT2D eigenvalue weighted by molar-refractivity contribution is 7.80. The lowest BCUT2D eigenvalue weighted by Gasteiger charge is -2.18. The van der Waals surface area contributed by atoms with Gasteiger partial charge in [0.1, 0.15) is 10.7 Å². The van der Waals surface area contributed by atoms with E-state index in [1.165, 1.54) is 0 Å². The van der Waals surface area contributed by atoms with Crippen LogP contribution in [0.4, 0.5) is 5.82 Å². The monoisotopic (exact) mass is 248 g/mol. The van der Waals surface area contributed by atoms with E-state index in [1.54, 1.807) is 24.9 Å². The molecule has 2 aromatic heterocycles. The van der Waals surface area contributed by atoms with Gasteiger partial charge in [0.15, 0.2) is 5.82 Å². The van der Waals surface area contributed by atoms with Gasteiger partial charge < -0.3 is 15.1 Å². The maximum Gasteiger partial charge on any atom is 0.157 e. The maximum absolute atomic E-state index is 5.61. The van der Waals surface area contributed by atoms with Gasteiger partial charge in [-0.15, -0.1) is 0 Å². The average Bonchev–Trinajstić information content (AvgIpc) is 2.81. The largest absolute Gasteiger partial charge is 0.472 e. The van der Waals surface area contributed by atoms with E-state index in [0.717, 1.165) is 5.56 Å². The Hall–Kier alpha value is -1.95. The lowest BCUT2D eigenvalue weighted by molar-refractivity contribution is 0.563. The third-order valence-corrected chi connectivity index (χ3v) is 2.47. The van der Waals surface area contributed by atoms with E-state index < -0.39 is 0 Å². The normalized spacial score (nSPS) is 10.2. The molecule has 0 spiro atoms. The first-order valence-electron chi connectivity index (χ1n) is 5.01. The fourth-order valence-electron chi connectivity index (χ4n) is 1.52. The van der Waals surface area contributed by atoms with E-state index in [1.807, 2.05) is 18.0 Å². The second-order valence-electron chi connectivity index (χ2n) is 3.58. The van der Waals surface area contributed by atoms with Crippen LogP contribution < -0.4 is 10.6 Å². The smallest absolute Gasteiger partial charge is 0.157 e. The number of thiocarbonyl (C=S) groups is 1. The van der Waals surface area contributed by atoms with Crippen molar-refractivity contribution < 1.29 is 4.42 Å². The Bertz CT molecular complexity index is 512. The maximum atomic E-state index is 5.61. The minimum absolute atomic E-state index is 0.243. The van der Waals surface area contributed by atoms with Crippen LogP contribution in [0, 0.1) is 0 Å². The summed E-state index contributed by atoms with van der Waals surface area (Å²) in [6.45, 7) is 0.658. The molecule has 5 nitrogen and oxygen atoms in total. The van der Waals surface area contributed by atoms with Gasteiger partial charge >= 0.3 is 0 Å². The van der Waals surface area contributed by atoms with Crippen LogP contribution in [0.5, 0.6) is 0 Å². The molecule has 0 radical (unpaired) electrons. The topological polar surface area (TPSA) is 68.2 Å². The van der Waals surface area contributed by atoms with Gasteiger partial charge in [-0.3, -0.25) is 0 Å². The van der Waals surface area contributed by atoms with Gasteiger partial charge in [0, 0.05) is 31.5 Å². The number of nitrogens with zero attached hydrogens (tertiary/aromatic N) is 3. The molecule has 0 aliphatic heterocycles. The van der Waals surface area contributed by atoms with E-state index in [-0.39, 0.29) is 4.99 Å². The zero-order valence-electron chi connectivity index (χ0n) is 9.33. The molecule has 17 heavy (non-hydrogen) atoms. The molecule has 6 heteroatoms. The minimum atomic E-state index is 0.243. The predicted octanol–water partition coefficient (Wildman–Crippen LogP) is 1.34. The molecule has 0 amide bonds. The molecule has 0 unspecified atom stereocenters. The summed E-state index contributed by atoms with van der Waals surface area (Å²) in [5, 5.41) is 0. The zero-order valence-corrected chi connectivity index (χ0v) is 10.1. The lowest BCUT2D eigenvalue weighted by Crippen LogP contribution is -2.23. The van der Waals surface area contributed by atoms with Crippen molar-refractivity contribution in [3.63, 3.8) is 0 Å². The van der Waals surface area contributed by atoms with Crippen LogP contribution in [-0.2, 0) is 6.54 Å². The highest BCUT2D eigenvalue weighted by Gasteiger charge is 2.12. The van der Waals surface area contributed by atoms with Gasteiger partial charge in [-0.25, -0.2) is 9.97 Å². The predicted molar refractivity (Wildman–Crippen MR) is 68.7 cm³/mol. The number of hydrogen-bond acceptors (Lipinski definition) is 5. The molecule has 0 saturated heterocycles. The molecule has 0 bridgehead atoms. The molecule has 2 N–H and O–H groups in total. The van der Waals surface area contributed by atoms with Gasteiger partial charge in [0.2, 0.25) is 0 Å². The van der Waals surface area contributed by atoms with Gasteiger partial charge in [-0.1, -0.05) is 12.2 Å². The molecule has 0 aliphatic carbocycles. The second-order valence-corrected chi connectivity index (χ2v) is 4.02. The van der Waals surface area contributed by atoms with Crippen LogP contribution in [0.1, 0.15) is 11.3 Å². The van der Waals surface area contributed by atoms with Gasteiger partial charge in [-0.2, -0.15) is 0 Å². The van der Waals surface area contributed by atoms with Crippen molar-refractivity contribution in [1.29, 1.82) is 0 Å². The molecule has 0 fully saturated rings. The van der Waals surface area contributed by atoms with E-state index >= 15 is 0 Å². The van der Waals surface area contributed by atoms with Crippen molar-refractivity contribution in [2.75, 3.05) is 11.9 Å². The second kappa shape index (κ2) is 4.92. The van der Waals surface area contributed by atoms with Crippen LogP contribution in [0.15, 0.2) is 35.4 Å². The number of anilines is 1. The lowest BCUT2D eigenvalue weighted by atomic mass is 10.3. The Labute approximate surface area is 104 Å². The van der Waals surface area contributed by atoms with E-state index in [4.69, 9.17) is 22.4 Å². The van der Waals surface area contributed by atoms with Crippen LogP contribution in [-0.4, -0.2) is 22.0 Å². The SMILES string of the molecule is CN(Cc1ccoc1)c1nccnc1C(N)=S. The van der Waals surface area contributed by atoms with Crippen molar-refractivity contribution in [3.8, 4) is 0 Å². The fourth-order valence-corrected chi connectivity index (χ4v) is 1.66. The van der Waals surface area contributed by atoms with Gasteiger partial charge in [0.25, 0.3) is 0 Å². The summed E-state index contributed by atoms with van der Waals surface area (Å²) < 4.78 is 5.02. The number of furan rings is 1. The number of nitrogens with two attached hydrogens (primary N) is 1. The first-order valence-corrected chi connectivity index (χ1v) is 5.42. The van der Waals surface area contributed by atoms with Crippen LogP contribution >= 0.6 is 12.2 Å². The minimum Gasteiger partial charge on any atom is -0.472 e. The Kier molecular flexibility index (Phi) is 3.34. The van der Waals surface area contributed by atoms with Crippen LogP contribution in [0.2, 0.25) is 0 Å². The van der Waals surface area contributed by atoms with Crippen molar-refractivity contribution in [3.05, 3.63) is 42.2 Å². The molecule has 0 saturated carbocycles. The highest BCUT2D eigenvalue weighted by Crippen LogP contribution is 2.16. The summed E-state index contributed by atoms with van der Waals surface area (Å²) in [5.74, 6) is 0.668. The van der Waals surface area contributed by atoms with Crippen molar-refractivity contribution in [1.82, 2.24) is 9.97 Å². The van der Waals surface area contributed by atoms with Crippen molar-refractivity contribution in [2.24, 2.45) is 5.73 Å². The van der Waals surface area contributed by atoms with E-state index in [2.05, 4.69) is 9.97 Å². The Balaban J connectivity index is 2.24. The Morgan fingerprint density at radius 2 is 2.24 bits per heavy atom.